The Morgan fingerprint density at radius 2 is 1.82 bits per heavy atom. The third-order valence-corrected chi connectivity index (χ3v) is 3.28. The summed E-state index contributed by atoms with van der Waals surface area (Å²) < 4.78 is 72.6. The molecule has 0 amide bonds. The molecule has 0 aliphatic carbocycles. The number of hydrogen-bond acceptors (Lipinski definition) is 2. The topological polar surface area (TPSA) is 60.2 Å². The lowest BCUT2D eigenvalue weighted by atomic mass is 10.1. The van der Waals surface area contributed by atoms with Gasteiger partial charge in [-0.05, 0) is 18.2 Å². The van der Waals surface area contributed by atoms with Gasteiger partial charge in [0.2, 0.25) is 10.0 Å². The molecule has 17 heavy (non-hydrogen) atoms. The molecule has 0 radical (unpaired) electrons. The average molecular weight is 292 g/mol. The zero-order valence-corrected chi connectivity index (χ0v) is 9.57. The zero-order valence-electron chi connectivity index (χ0n) is 8.00. The van der Waals surface area contributed by atoms with Gasteiger partial charge in [0.1, 0.15) is 5.82 Å². The fourth-order valence-electron chi connectivity index (χ4n) is 1.26. The summed E-state index contributed by atoms with van der Waals surface area (Å²) in [5.74, 6) is -1.34. The number of primary sulfonamides is 1. The SMILES string of the molecule is NS(=O)(=O)C(c1cc(Cl)ccc1F)C(F)(F)F. The second kappa shape index (κ2) is 4.43. The number of benzene rings is 1. The van der Waals surface area contributed by atoms with Crippen LogP contribution in [0.3, 0.4) is 0 Å². The average Bonchev–Trinajstić information content (AvgIpc) is 2.06. The monoisotopic (exact) mass is 291 g/mol. The molecular formula is C8H6ClF4NO2S. The van der Waals surface area contributed by atoms with Crippen LogP contribution < -0.4 is 5.14 Å². The van der Waals surface area contributed by atoms with E-state index in [0.717, 1.165) is 6.07 Å². The molecular weight excluding hydrogens is 286 g/mol. The van der Waals surface area contributed by atoms with Gasteiger partial charge in [-0.15, -0.1) is 0 Å². The van der Waals surface area contributed by atoms with Crippen molar-refractivity contribution in [3.63, 3.8) is 0 Å². The summed E-state index contributed by atoms with van der Waals surface area (Å²) in [6.07, 6.45) is -5.22. The summed E-state index contributed by atoms with van der Waals surface area (Å²) in [6.45, 7) is 0. The summed E-state index contributed by atoms with van der Waals surface area (Å²) in [5.41, 5.74) is -1.12. The summed E-state index contributed by atoms with van der Waals surface area (Å²) >= 11 is 5.39. The highest BCUT2D eigenvalue weighted by Gasteiger charge is 2.49. The maximum atomic E-state index is 13.2. The minimum atomic E-state index is -5.22. The molecule has 0 fully saturated rings. The van der Waals surface area contributed by atoms with Gasteiger partial charge < -0.3 is 0 Å². The van der Waals surface area contributed by atoms with Crippen LogP contribution in [-0.2, 0) is 10.0 Å². The Bertz CT molecular complexity index is 529. The summed E-state index contributed by atoms with van der Waals surface area (Å²) in [5, 5.41) is 1.11. The molecule has 0 aliphatic rings. The molecule has 2 N–H and O–H groups in total. The van der Waals surface area contributed by atoms with Crippen LogP contribution in [0, 0.1) is 5.82 Å². The first kappa shape index (κ1) is 14.2. The number of rotatable bonds is 2. The molecule has 0 saturated carbocycles. The van der Waals surface area contributed by atoms with Crippen molar-refractivity contribution in [2.45, 2.75) is 11.4 Å². The van der Waals surface area contributed by atoms with Gasteiger partial charge >= 0.3 is 6.18 Å². The van der Waals surface area contributed by atoms with E-state index in [4.69, 9.17) is 11.6 Å². The molecule has 3 nitrogen and oxygen atoms in total. The second-order valence-corrected chi connectivity index (χ2v) is 5.26. The lowest BCUT2D eigenvalue weighted by molar-refractivity contribution is -0.132. The van der Waals surface area contributed by atoms with E-state index in [-0.39, 0.29) is 5.02 Å². The van der Waals surface area contributed by atoms with E-state index < -0.39 is 32.8 Å². The number of nitrogens with two attached hydrogens (primary N) is 1. The summed E-state index contributed by atoms with van der Waals surface area (Å²) in [6, 6.07) is 2.22. The van der Waals surface area contributed by atoms with Crippen molar-refractivity contribution in [3.05, 3.63) is 34.6 Å². The summed E-state index contributed by atoms with van der Waals surface area (Å²) in [7, 11) is -5.04. The molecule has 0 spiro atoms. The first-order valence-electron chi connectivity index (χ1n) is 4.07. The second-order valence-electron chi connectivity index (χ2n) is 3.18. The lowest BCUT2D eigenvalue weighted by Crippen LogP contribution is -2.34. The van der Waals surface area contributed by atoms with Crippen molar-refractivity contribution in [2.75, 3.05) is 0 Å². The molecule has 1 rings (SSSR count). The van der Waals surface area contributed by atoms with Crippen molar-refractivity contribution in [1.29, 1.82) is 0 Å². The molecule has 1 aromatic rings. The van der Waals surface area contributed by atoms with Crippen LogP contribution in [0.2, 0.25) is 5.02 Å². The third-order valence-electron chi connectivity index (χ3n) is 1.87. The highest BCUT2D eigenvalue weighted by molar-refractivity contribution is 7.89. The van der Waals surface area contributed by atoms with Gasteiger partial charge in [0.25, 0.3) is 0 Å². The molecule has 1 atom stereocenters. The van der Waals surface area contributed by atoms with Crippen molar-refractivity contribution in [2.24, 2.45) is 5.14 Å². The van der Waals surface area contributed by atoms with E-state index in [9.17, 15) is 26.0 Å². The van der Waals surface area contributed by atoms with Gasteiger partial charge in [-0.2, -0.15) is 13.2 Å². The van der Waals surface area contributed by atoms with Crippen LogP contribution in [0.4, 0.5) is 17.6 Å². The molecule has 0 heterocycles. The Hall–Kier alpha value is -0.860. The van der Waals surface area contributed by atoms with E-state index in [1.807, 2.05) is 0 Å². The van der Waals surface area contributed by atoms with E-state index in [2.05, 4.69) is 5.14 Å². The maximum absolute atomic E-state index is 13.2. The van der Waals surface area contributed by atoms with Crippen molar-refractivity contribution in [3.8, 4) is 0 Å². The van der Waals surface area contributed by atoms with Crippen molar-refractivity contribution >= 4 is 21.6 Å². The molecule has 0 saturated heterocycles. The number of alkyl halides is 3. The molecule has 1 unspecified atom stereocenters. The molecule has 0 bridgehead atoms. The number of sulfonamides is 1. The Kier molecular flexibility index (Phi) is 3.70. The van der Waals surface area contributed by atoms with Gasteiger partial charge in [0.05, 0.1) is 0 Å². The van der Waals surface area contributed by atoms with Crippen LogP contribution >= 0.6 is 11.6 Å². The standard InChI is InChI=1S/C8H6ClF4NO2S/c9-4-1-2-6(10)5(3-4)7(8(11,12)13)17(14,15)16/h1-3,7H,(H2,14,15,16). The number of hydrogen-bond donors (Lipinski definition) is 1. The molecule has 9 heteroatoms. The minimum Gasteiger partial charge on any atom is -0.228 e. The molecule has 96 valence electrons. The van der Waals surface area contributed by atoms with E-state index in [1.165, 1.54) is 0 Å². The van der Waals surface area contributed by atoms with Crippen LogP contribution in [0.1, 0.15) is 10.8 Å². The van der Waals surface area contributed by atoms with Gasteiger partial charge in [0.15, 0.2) is 5.25 Å². The fourth-order valence-corrected chi connectivity index (χ4v) is 2.34. The van der Waals surface area contributed by atoms with Gasteiger partial charge in [-0.1, -0.05) is 11.6 Å². The van der Waals surface area contributed by atoms with Gasteiger partial charge in [-0.3, -0.25) is 0 Å². The highest BCUT2D eigenvalue weighted by atomic mass is 35.5. The first-order chi connectivity index (χ1) is 7.53. The molecule has 0 aliphatic heterocycles. The quantitative estimate of drug-likeness (QED) is 0.850. The Morgan fingerprint density at radius 3 is 2.24 bits per heavy atom. The van der Waals surface area contributed by atoms with Crippen LogP contribution in [-0.4, -0.2) is 14.6 Å². The third kappa shape index (κ3) is 3.30. The first-order valence-corrected chi connectivity index (χ1v) is 6.05. The smallest absolute Gasteiger partial charge is 0.228 e. The Morgan fingerprint density at radius 1 is 1.29 bits per heavy atom. The van der Waals surface area contributed by atoms with Gasteiger partial charge in [-0.25, -0.2) is 17.9 Å². The zero-order chi connectivity index (χ0) is 13.4. The maximum Gasteiger partial charge on any atom is 0.410 e. The minimum absolute atomic E-state index is 0.223. The van der Waals surface area contributed by atoms with E-state index >= 15 is 0 Å². The molecule has 0 aromatic heterocycles. The number of halogens is 5. The van der Waals surface area contributed by atoms with Crippen LogP contribution in [0.15, 0.2) is 18.2 Å². The normalized spacial score (nSPS) is 14.7. The van der Waals surface area contributed by atoms with Crippen molar-refractivity contribution < 1.29 is 26.0 Å². The largest absolute Gasteiger partial charge is 0.410 e. The Labute approximate surface area is 99.2 Å². The Balaban J connectivity index is 3.49. The predicted octanol–water partition coefficient (Wildman–Crippen LogP) is 2.37. The highest BCUT2D eigenvalue weighted by Crippen LogP contribution is 2.39. The van der Waals surface area contributed by atoms with Crippen LogP contribution in [0.5, 0.6) is 0 Å². The lowest BCUT2D eigenvalue weighted by Gasteiger charge is -2.19. The summed E-state index contributed by atoms with van der Waals surface area (Å²) in [4.78, 5) is 0. The van der Waals surface area contributed by atoms with Crippen molar-refractivity contribution in [1.82, 2.24) is 0 Å². The molecule has 1 aromatic carbocycles. The predicted molar refractivity (Wildman–Crippen MR) is 53.3 cm³/mol. The van der Waals surface area contributed by atoms with Crippen LogP contribution in [0.25, 0.3) is 0 Å². The fraction of sp³-hybridized carbons (Fsp3) is 0.250. The van der Waals surface area contributed by atoms with Gasteiger partial charge in [0, 0.05) is 10.6 Å². The van der Waals surface area contributed by atoms with E-state index in [0.29, 0.717) is 12.1 Å². The van der Waals surface area contributed by atoms with E-state index in [1.54, 1.807) is 0 Å².